The van der Waals surface area contributed by atoms with Crippen molar-refractivity contribution in [2.24, 2.45) is 5.92 Å². The molecule has 3 rings (SSSR count). The lowest BCUT2D eigenvalue weighted by Crippen LogP contribution is -2.41. The first-order valence-electron chi connectivity index (χ1n) is 6.99. The van der Waals surface area contributed by atoms with Crippen molar-refractivity contribution in [1.29, 1.82) is 5.26 Å². The van der Waals surface area contributed by atoms with Crippen molar-refractivity contribution in [3.63, 3.8) is 0 Å². The van der Waals surface area contributed by atoms with Crippen LogP contribution in [0.2, 0.25) is 0 Å². The molecule has 2 unspecified atom stereocenters. The second-order valence-corrected chi connectivity index (χ2v) is 6.40. The number of anilines is 1. The van der Waals surface area contributed by atoms with Crippen molar-refractivity contribution in [3.8, 4) is 6.07 Å². The number of piperidine rings is 1. The van der Waals surface area contributed by atoms with E-state index < -0.39 is 0 Å². The van der Waals surface area contributed by atoms with Crippen molar-refractivity contribution in [1.82, 2.24) is 10.2 Å². The largest absolute Gasteiger partial charge is 0.315 e. The van der Waals surface area contributed by atoms with Gasteiger partial charge in [-0.2, -0.15) is 5.26 Å². The van der Waals surface area contributed by atoms with E-state index in [-0.39, 0.29) is 5.91 Å². The van der Waals surface area contributed by atoms with Gasteiger partial charge >= 0.3 is 0 Å². The molecule has 3 heterocycles. The van der Waals surface area contributed by atoms with Crippen LogP contribution >= 0.6 is 11.3 Å². The molecule has 2 aliphatic rings. The molecule has 6 heteroatoms. The molecule has 0 aromatic carbocycles. The molecule has 0 saturated carbocycles. The number of hydrogen-bond donors (Lipinski definition) is 2. The SMILES string of the molecule is N#Cc1ccsc1NC(=O)CN1CC2CCCNC2C1. The summed E-state index contributed by atoms with van der Waals surface area (Å²) in [5.74, 6) is 0.663. The van der Waals surface area contributed by atoms with Crippen LogP contribution in [0.15, 0.2) is 11.4 Å². The average Bonchev–Trinajstić information content (AvgIpc) is 3.03. The topological polar surface area (TPSA) is 68.2 Å². The fraction of sp³-hybridized carbons (Fsp3) is 0.571. The second-order valence-electron chi connectivity index (χ2n) is 5.48. The van der Waals surface area contributed by atoms with Gasteiger partial charge in [0.25, 0.3) is 0 Å². The summed E-state index contributed by atoms with van der Waals surface area (Å²) in [6, 6.07) is 4.37. The van der Waals surface area contributed by atoms with E-state index in [9.17, 15) is 4.79 Å². The first-order chi connectivity index (χ1) is 9.76. The lowest BCUT2D eigenvalue weighted by molar-refractivity contribution is -0.117. The maximum atomic E-state index is 12.1. The Kier molecular flexibility index (Phi) is 4.01. The van der Waals surface area contributed by atoms with Crippen LogP contribution in [0.5, 0.6) is 0 Å². The Hall–Kier alpha value is -1.42. The zero-order chi connectivity index (χ0) is 13.9. The van der Waals surface area contributed by atoms with E-state index in [1.807, 2.05) is 5.38 Å². The predicted octanol–water partition coefficient (Wildman–Crippen LogP) is 1.24. The van der Waals surface area contributed by atoms with E-state index >= 15 is 0 Å². The highest BCUT2D eigenvalue weighted by Gasteiger charge is 2.34. The van der Waals surface area contributed by atoms with Crippen molar-refractivity contribution in [2.45, 2.75) is 18.9 Å². The summed E-state index contributed by atoms with van der Waals surface area (Å²) in [7, 11) is 0. The maximum absolute atomic E-state index is 12.1. The van der Waals surface area contributed by atoms with Crippen LogP contribution in [-0.4, -0.2) is 43.0 Å². The van der Waals surface area contributed by atoms with Crippen LogP contribution in [0, 0.1) is 17.2 Å². The minimum atomic E-state index is -0.0254. The summed E-state index contributed by atoms with van der Waals surface area (Å²) >= 11 is 1.40. The minimum Gasteiger partial charge on any atom is -0.315 e. The zero-order valence-electron chi connectivity index (χ0n) is 11.3. The smallest absolute Gasteiger partial charge is 0.239 e. The van der Waals surface area contributed by atoms with Gasteiger partial charge in [0.2, 0.25) is 5.91 Å². The van der Waals surface area contributed by atoms with Crippen LogP contribution in [0.1, 0.15) is 18.4 Å². The van der Waals surface area contributed by atoms with Gasteiger partial charge in [0, 0.05) is 19.1 Å². The standard InChI is InChI=1S/C14H18N4OS/c15-6-10-3-5-20-14(10)17-13(19)9-18-7-11-2-1-4-16-12(11)8-18/h3,5,11-12,16H,1-2,4,7-9H2,(H,17,19). The number of rotatable bonds is 3. The third-order valence-corrected chi connectivity index (χ3v) is 4.91. The Labute approximate surface area is 122 Å². The Balaban J connectivity index is 1.54. The molecule has 0 aliphatic carbocycles. The zero-order valence-corrected chi connectivity index (χ0v) is 12.1. The molecule has 0 spiro atoms. The molecule has 1 aromatic heterocycles. The number of nitriles is 1. The Morgan fingerprint density at radius 2 is 2.50 bits per heavy atom. The van der Waals surface area contributed by atoms with Crippen LogP contribution in [-0.2, 0) is 4.79 Å². The number of nitrogens with zero attached hydrogens (tertiary/aromatic N) is 2. The van der Waals surface area contributed by atoms with Gasteiger partial charge in [-0.1, -0.05) is 0 Å². The predicted molar refractivity (Wildman–Crippen MR) is 78.6 cm³/mol. The highest BCUT2D eigenvalue weighted by Crippen LogP contribution is 2.25. The molecule has 1 aromatic rings. The summed E-state index contributed by atoms with van der Waals surface area (Å²) in [6.07, 6.45) is 2.50. The van der Waals surface area contributed by atoms with Gasteiger partial charge < -0.3 is 10.6 Å². The molecular weight excluding hydrogens is 272 g/mol. The van der Waals surface area contributed by atoms with E-state index in [0.717, 1.165) is 19.6 Å². The van der Waals surface area contributed by atoms with Gasteiger partial charge in [0.05, 0.1) is 12.1 Å². The number of carbonyl (C=O) groups excluding carboxylic acids is 1. The number of nitrogens with one attached hydrogen (secondary N) is 2. The van der Waals surface area contributed by atoms with Gasteiger partial charge in [-0.3, -0.25) is 9.69 Å². The van der Waals surface area contributed by atoms with Crippen molar-refractivity contribution >= 4 is 22.2 Å². The second kappa shape index (κ2) is 5.92. The van der Waals surface area contributed by atoms with Crippen molar-refractivity contribution < 1.29 is 4.79 Å². The molecule has 1 amide bonds. The molecule has 2 aliphatic heterocycles. The summed E-state index contributed by atoms with van der Waals surface area (Å²) in [5.41, 5.74) is 0.542. The number of thiophene rings is 1. The number of carbonyl (C=O) groups is 1. The number of amides is 1. The molecule has 5 nitrogen and oxygen atoms in total. The first kappa shape index (κ1) is 13.6. The van der Waals surface area contributed by atoms with E-state index in [4.69, 9.17) is 5.26 Å². The molecule has 2 N–H and O–H groups in total. The van der Waals surface area contributed by atoms with Gasteiger partial charge in [-0.25, -0.2) is 0 Å². The van der Waals surface area contributed by atoms with E-state index in [0.29, 0.717) is 29.1 Å². The van der Waals surface area contributed by atoms with E-state index in [1.165, 1.54) is 24.2 Å². The molecular formula is C14H18N4OS. The van der Waals surface area contributed by atoms with Gasteiger partial charge in [-0.15, -0.1) is 11.3 Å². The fourth-order valence-corrected chi connectivity index (χ4v) is 3.88. The average molecular weight is 290 g/mol. The summed E-state index contributed by atoms with van der Waals surface area (Å²) in [5, 5.41) is 17.8. The maximum Gasteiger partial charge on any atom is 0.239 e. The minimum absolute atomic E-state index is 0.0254. The normalized spacial score (nSPS) is 25.9. The third-order valence-electron chi connectivity index (χ3n) is 4.08. The lowest BCUT2D eigenvalue weighted by atomic mass is 9.94. The summed E-state index contributed by atoms with van der Waals surface area (Å²) in [4.78, 5) is 14.3. The van der Waals surface area contributed by atoms with E-state index in [1.54, 1.807) is 6.07 Å². The number of hydrogen-bond acceptors (Lipinski definition) is 5. The molecule has 2 saturated heterocycles. The molecule has 2 fully saturated rings. The Bertz CT molecular complexity index is 522. The van der Waals surface area contributed by atoms with Crippen LogP contribution in [0.25, 0.3) is 0 Å². The van der Waals surface area contributed by atoms with Crippen LogP contribution in [0.3, 0.4) is 0 Å². The number of likely N-dealkylation sites (tertiary alicyclic amines) is 1. The quantitative estimate of drug-likeness (QED) is 0.879. The first-order valence-corrected chi connectivity index (χ1v) is 7.87. The number of fused-ring (bicyclic) bond motifs is 1. The Morgan fingerprint density at radius 1 is 1.60 bits per heavy atom. The van der Waals surface area contributed by atoms with E-state index in [2.05, 4.69) is 21.6 Å². The molecule has 0 radical (unpaired) electrons. The summed E-state index contributed by atoms with van der Waals surface area (Å²) in [6.45, 7) is 3.47. The molecule has 20 heavy (non-hydrogen) atoms. The summed E-state index contributed by atoms with van der Waals surface area (Å²) < 4.78 is 0. The Morgan fingerprint density at radius 3 is 3.30 bits per heavy atom. The van der Waals surface area contributed by atoms with Crippen LogP contribution in [0.4, 0.5) is 5.00 Å². The van der Waals surface area contributed by atoms with Gasteiger partial charge in [-0.05, 0) is 36.8 Å². The molecule has 0 bridgehead atoms. The van der Waals surface area contributed by atoms with Gasteiger partial charge in [0.1, 0.15) is 11.1 Å². The third kappa shape index (κ3) is 2.85. The molecule has 106 valence electrons. The highest BCUT2D eigenvalue weighted by molar-refractivity contribution is 7.14. The van der Waals surface area contributed by atoms with Gasteiger partial charge in [0.15, 0.2) is 0 Å². The van der Waals surface area contributed by atoms with Crippen molar-refractivity contribution in [3.05, 3.63) is 17.0 Å². The van der Waals surface area contributed by atoms with Crippen LogP contribution < -0.4 is 10.6 Å². The van der Waals surface area contributed by atoms with Crippen molar-refractivity contribution in [2.75, 3.05) is 31.5 Å². The fourth-order valence-electron chi connectivity index (χ4n) is 3.13. The molecule has 2 atom stereocenters. The lowest BCUT2D eigenvalue weighted by Gasteiger charge is -2.24. The highest BCUT2D eigenvalue weighted by atomic mass is 32.1. The monoisotopic (exact) mass is 290 g/mol.